The average molecular weight is 321 g/mol. The van der Waals surface area contributed by atoms with E-state index in [1.807, 2.05) is 48.9 Å². The molecule has 1 unspecified atom stereocenters. The predicted octanol–water partition coefficient (Wildman–Crippen LogP) is 3.37. The van der Waals surface area contributed by atoms with Crippen LogP contribution in [0.15, 0.2) is 35.0 Å². The molecule has 0 amide bonds. The van der Waals surface area contributed by atoms with E-state index in [-0.39, 0.29) is 6.10 Å². The van der Waals surface area contributed by atoms with Gasteiger partial charge in [-0.15, -0.1) is 0 Å². The molecule has 0 aliphatic rings. The molecular formula is C17H23NO3S. The van der Waals surface area contributed by atoms with Gasteiger partial charge in [0.25, 0.3) is 0 Å². The van der Waals surface area contributed by atoms with Crippen LogP contribution in [0.2, 0.25) is 0 Å². The number of thiophene rings is 1. The minimum absolute atomic E-state index is 0.0754. The van der Waals surface area contributed by atoms with Crippen LogP contribution in [0.1, 0.15) is 31.1 Å². The van der Waals surface area contributed by atoms with Crippen LogP contribution < -0.4 is 14.8 Å². The van der Waals surface area contributed by atoms with Gasteiger partial charge >= 0.3 is 0 Å². The lowest BCUT2D eigenvalue weighted by Gasteiger charge is -2.18. The molecule has 0 saturated heterocycles. The maximum Gasteiger partial charge on any atom is 0.166 e. The zero-order chi connectivity index (χ0) is 15.9. The molecule has 1 aromatic carbocycles. The van der Waals surface area contributed by atoms with E-state index >= 15 is 0 Å². The first-order valence-electron chi connectivity index (χ1n) is 7.35. The van der Waals surface area contributed by atoms with Crippen LogP contribution in [0, 0.1) is 0 Å². The van der Waals surface area contributed by atoms with Crippen molar-refractivity contribution in [1.29, 1.82) is 0 Å². The van der Waals surface area contributed by atoms with Crippen molar-refractivity contribution in [2.24, 2.45) is 0 Å². The highest BCUT2D eigenvalue weighted by Crippen LogP contribution is 2.32. The van der Waals surface area contributed by atoms with Gasteiger partial charge < -0.3 is 19.9 Å². The fourth-order valence-corrected chi connectivity index (χ4v) is 2.86. The molecule has 120 valence electrons. The Morgan fingerprint density at radius 1 is 1.27 bits per heavy atom. The minimum Gasteiger partial charge on any atom is -0.493 e. The van der Waals surface area contributed by atoms with E-state index < -0.39 is 6.10 Å². The van der Waals surface area contributed by atoms with Crippen molar-refractivity contribution in [3.63, 3.8) is 0 Å². The molecule has 0 fully saturated rings. The Bertz CT molecular complexity index is 569. The molecule has 1 atom stereocenters. The lowest BCUT2D eigenvalue weighted by atomic mass is 10.1. The Labute approximate surface area is 135 Å². The molecule has 0 aliphatic heterocycles. The summed E-state index contributed by atoms with van der Waals surface area (Å²) in [5.74, 6) is 1.49. The highest BCUT2D eigenvalue weighted by Gasteiger charge is 2.13. The lowest BCUT2D eigenvalue weighted by Crippen LogP contribution is -2.21. The molecule has 0 spiro atoms. The Kier molecular flexibility index (Phi) is 6.24. The van der Waals surface area contributed by atoms with Crippen LogP contribution in [-0.2, 0) is 6.54 Å². The van der Waals surface area contributed by atoms with Gasteiger partial charge in [-0.2, -0.15) is 11.3 Å². The van der Waals surface area contributed by atoms with Crippen LogP contribution in [0.25, 0.3) is 0 Å². The van der Waals surface area contributed by atoms with Gasteiger partial charge in [-0.25, -0.2) is 0 Å². The lowest BCUT2D eigenvalue weighted by molar-refractivity contribution is 0.174. The first kappa shape index (κ1) is 16.8. The third-order valence-corrected chi connectivity index (χ3v) is 3.92. The number of ether oxygens (including phenoxy) is 2. The summed E-state index contributed by atoms with van der Waals surface area (Å²) >= 11 is 1.59. The molecule has 0 bridgehead atoms. The molecular weight excluding hydrogens is 298 g/mol. The fraction of sp³-hybridized carbons (Fsp3) is 0.412. The maximum absolute atomic E-state index is 10.1. The summed E-state index contributed by atoms with van der Waals surface area (Å²) in [6.07, 6.45) is -0.419. The summed E-state index contributed by atoms with van der Waals surface area (Å²) in [6.45, 7) is 5.09. The summed E-state index contributed by atoms with van der Waals surface area (Å²) in [5, 5.41) is 17.3. The number of aliphatic hydroxyl groups excluding tert-OH is 1. The highest BCUT2D eigenvalue weighted by atomic mass is 32.1. The van der Waals surface area contributed by atoms with Crippen LogP contribution in [0.3, 0.4) is 0 Å². The third-order valence-electron chi connectivity index (χ3n) is 3.22. The molecule has 0 saturated carbocycles. The van der Waals surface area contributed by atoms with Crippen molar-refractivity contribution in [2.45, 2.75) is 32.6 Å². The number of hydrogen-bond donors (Lipinski definition) is 2. The van der Waals surface area contributed by atoms with Gasteiger partial charge in [-0.3, -0.25) is 0 Å². The van der Waals surface area contributed by atoms with Crippen LogP contribution >= 0.6 is 11.3 Å². The molecule has 1 heterocycles. The monoisotopic (exact) mass is 321 g/mol. The number of benzene rings is 1. The molecule has 2 N–H and O–H groups in total. The van der Waals surface area contributed by atoms with Gasteiger partial charge in [-0.05, 0) is 42.3 Å². The Morgan fingerprint density at radius 3 is 2.73 bits per heavy atom. The number of para-hydroxylation sites is 1. The van der Waals surface area contributed by atoms with E-state index in [4.69, 9.17) is 9.47 Å². The number of rotatable bonds is 8. The van der Waals surface area contributed by atoms with E-state index in [0.29, 0.717) is 13.1 Å². The molecule has 2 rings (SSSR count). The predicted molar refractivity (Wildman–Crippen MR) is 89.7 cm³/mol. The first-order valence-corrected chi connectivity index (χ1v) is 8.29. The number of nitrogens with one attached hydrogen (secondary N) is 1. The van der Waals surface area contributed by atoms with Crippen LogP contribution in [0.4, 0.5) is 0 Å². The maximum atomic E-state index is 10.1. The SMILES string of the molecule is COc1cccc(CNCC(O)c2ccsc2)c1OC(C)C. The Morgan fingerprint density at radius 2 is 2.09 bits per heavy atom. The van der Waals surface area contributed by atoms with Crippen molar-refractivity contribution in [3.8, 4) is 11.5 Å². The molecule has 0 radical (unpaired) electrons. The van der Waals surface area contributed by atoms with E-state index in [2.05, 4.69) is 5.32 Å². The number of hydrogen-bond acceptors (Lipinski definition) is 5. The van der Waals surface area contributed by atoms with Gasteiger partial charge in [0.15, 0.2) is 11.5 Å². The smallest absolute Gasteiger partial charge is 0.166 e. The normalized spacial score (nSPS) is 12.4. The minimum atomic E-state index is -0.494. The molecule has 5 heteroatoms. The highest BCUT2D eigenvalue weighted by molar-refractivity contribution is 7.07. The topological polar surface area (TPSA) is 50.7 Å². The molecule has 1 aromatic heterocycles. The molecule has 22 heavy (non-hydrogen) atoms. The van der Waals surface area contributed by atoms with Crippen molar-refractivity contribution in [1.82, 2.24) is 5.32 Å². The third kappa shape index (κ3) is 4.47. The zero-order valence-corrected chi connectivity index (χ0v) is 14.0. The van der Waals surface area contributed by atoms with Gasteiger partial charge in [0.2, 0.25) is 0 Å². The quantitative estimate of drug-likeness (QED) is 0.783. The van der Waals surface area contributed by atoms with E-state index in [1.165, 1.54) is 0 Å². The summed E-state index contributed by atoms with van der Waals surface area (Å²) in [6, 6.07) is 7.78. The van der Waals surface area contributed by atoms with Crippen molar-refractivity contribution in [2.75, 3.05) is 13.7 Å². The second-order valence-corrected chi connectivity index (χ2v) is 6.10. The van der Waals surface area contributed by atoms with Gasteiger partial charge in [0.1, 0.15) is 0 Å². The van der Waals surface area contributed by atoms with Gasteiger partial charge in [0.05, 0.1) is 19.3 Å². The van der Waals surface area contributed by atoms with E-state index in [1.54, 1.807) is 18.4 Å². The second-order valence-electron chi connectivity index (χ2n) is 5.32. The fourth-order valence-electron chi connectivity index (χ4n) is 2.16. The standard InChI is InChI=1S/C17H23NO3S/c1-12(2)21-17-13(5-4-6-16(17)20-3)9-18-10-15(19)14-7-8-22-11-14/h4-8,11-12,15,18-19H,9-10H2,1-3H3. The summed E-state index contributed by atoms with van der Waals surface area (Å²) < 4.78 is 11.2. The van der Waals surface area contributed by atoms with Crippen LogP contribution in [-0.4, -0.2) is 24.9 Å². The Hall–Kier alpha value is -1.56. The Balaban J connectivity index is 1.99. The summed E-state index contributed by atoms with van der Waals surface area (Å²) in [4.78, 5) is 0. The zero-order valence-electron chi connectivity index (χ0n) is 13.2. The number of aliphatic hydroxyl groups is 1. The second kappa shape index (κ2) is 8.17. The largest absolute Gasteiger partial charge is 0.493 e. The molecule has 2 aromatic rings. The number of methoxy groups -OCH3 is 1. The molecule has 0 aliphatic carbocycles. The van der Waals surface area contributed by atoms with Gasteiger partial charge in [-0.1, -0.05) is 12.1 Å². The average Bonchev–Trinajstić information content (AvgIpc) is 3.02. The van der Waals surface area contributed by atoms with E-state index in [9.17, 15) is 5.11 Å². The van der Waals surface area contributed by atoms with Crippen molar-refractivity contribution < 1.29 is 14.6 Å². The van der Waals surface area contributed by atoms with Crippen molar-refractivity contribution in [3.05, 3.63) is 46.2 Å². The summed E-state index contributed by atoms with van der Waals surface area (Å²) in [5.41, 5.74) is 1.97. The first-order chi connectivity index (χ1) is 10.6. The van der Waals surface area contributed by atoms with E-state index in [0.717, 1.165) is 22.6 Å². The van der Waals surface area contributed by atoms with Gasteiger partial charge in [0, 0.05) is 18.7 Å². The summed E-state index contributed by atoms with van der Waals surface area (Å²) in [7, 11) is 1.64. The van der Waals surface area contributed by atoms with Crippen LogP contribution in [0.5, 0.6) is 11.5 Å². The molecule has 4 nitrogen and oxygen atoms in total. The van der Waals surface area contributed by atoms with Crippen molar-refractivity contribution >= 4 is 11.3 Å².